The molecule has 0 spiro atoms. The van der Waals surface area contributed by atoms with Crippen LogP contribution in [0.25, 0.3) is 5.65 Å². The highest BCUT2D eigenvalue weighted by Gasteiger charge is 2.34. The molecule has 0 radical (unpaired) electrons. The van der Waals surface area contributed by atoms with Crippen LogP contribution in [-0.4, -0.2) is 48.8 Å². The number of carbonyl (C=O) groups excluding carboxylic acids is 1. The summed E-state index contributed by atoms with van der Waals surface area (Å²) in [5.41, 5.74) is 4.23. The normalized spacial score (nSPS) is 16.8. The Balaban J connectivity index is 1.29. The lowest BCUT2D eigenvalue weighted by atomic mass is 9.99. The van der Waals surface area contributed by atoms with Crippen molar-refractivity contribution in [3.05, 3.63) is 63.5 Å². The Hall–Kier alpha value is -2.61. The average Bonchev–Trinajstić information content (AvgIpc) is 2.99. The summed E-state index contributed by atoms with van der Waals surface area (Å²) in [6.07, 6.45) is 2.79. The number of likely N-dealkylation sites (tertiary alicyclic amines) is 1. The lowest BCUT2D eigenvalue weighted by molar-refractivity contribution is 0.0450. The number of hydrogen-bond acceptors (Lipinski definition) is 5. The number of carbonyl (C=O) groups is 1. The maximum atomic E-state index is 13.0. The number of imidazole rings is 1. The van der Waals surface area contributed by atoms with Crippen LogP contribution in [-0.2, 0) is 18.7 Å². The second-order valence-corrected chi connectivity index (χ2v) is 8.60. The number of aromatic nitrogens is 4. The van der Waals surface area contributed by atoms with E-state index in [4.69, 9.17) is 0 Å². The molecule has 1 amide bonds. The zero-order chi connectivity index (χ0) is 19.3. The highest BCUT2D eigenvalue weighted by Crippen LogP contribution is 2.24. The van der Waals surface area contributed by atoms with Gasteiger partial charge in [0.2, 0.25) is 0 Å². The molecule has 5 heterocycles. The Morgan fingerprint density at radius 1 is 1.32 bits per heavy atom. The molecule has 0 aliphatic carbocycles. The predicted octanol–water partition coefficient (Wildman–Crippen LogP) is 1.76. The van der Waals surface area contributed by atoms with E-state index in [1.54, 1.807) is 10.7 Å². The fourth-order valence-corrected chi connectivity index (χ4v) is 4.95. The Morgan fingerprint density at radius 2 is 2.18 bits per heavy atom. The van der Waals surface area contributed by atoms with E-state index >= 15 is 0 Å². The van der Waals surface area contributed by atoms with E-state index in [0.29, 0.717) is 25.3 Å². The third-order valence-electron chi connectivity index (χ3n) is 5.49. The lowest BCUT2D eigenvalue weighted by Crippen LogP contribution is -2.52. The van der Waals surface area contributed by atoms with Crippen LogP contribution in [0, 0.1) is 12.8 Å². The van der Waals surface area contributed by atoms with E-state index in [1.165, 1.54) is 0 Å². The van der Waals surface area contributed by atoms with Gasteiger partial charge in [-0.1, -0.05) is 6.07 Å². The van der Waals surface area contributed by atoms with Gasteiger partial charge in [-0.15, -0.1) is 0 Å². The second-order valence-electron chi connectivity index (χ2n) is 7.49. The molecule has 3 aromatic rings. The molecule has 5 rings (SSSR count). The first-order valence-electron chi connectivity index (χ1n) is 9.51. The summed E-state index contributed by atoms with van der Waals surface area (Å²) in [6.45, 7) is 3.71. The molecule has 0 atom stereocenters. The summed E-state index contributed by atoms with van der Waals surface area (Å²) >= 11 is 1.85. The van der Waals surface area contributed by atoms with E-state index in [2.05, 4.69) is 10.1 Å². The topological polar surface area (TPSA) is 72.5 Å². The molecule has 0 N–H and O–H groups in total. The van der Waals surface area contributed by atoms with Crippen molar-refractivity contribution in [1.82, 2.24) is 24.1 Å². The van der Waals surface area contributed by atoms with Gasteiger partial charge in [0, 0.05) is 43.4 Å². The van der Waals surface area contributed by atoms with Gasteiger partial charge in [-0.05, 0) is 30.4 Å². The first-order valence-corrected chi connectivity index (χ1v) is 10.7. The van der Waals surface area contributed by atoms with Crippen LogP contribution in [0.4, 0.5) is 0 Å². The van der Waals surface area contributed by atoms with Crippen LogP contribution in [0.1, 0.15) is 27.4 Å². The van der Waals surface area contributed by atoms with Crippen molar-refractivity contribution in [2.75, 3.05) is 18.8 Å². The molecule has 2 aliphatic heterocycles. The summed E-state index contributed by atoms with van der Waals surface area (Å²) in [7, 11) is 0. The summed E-state index contributed by atoms with van der Waals surface area (Å²) in [5, 5.41) is 4.58. The average molecular weight is 395 g/mol. The molecule has 1 fully saturated rings. The van der Waals surface area contributed by atoms with E-state index in [9.17, 15) is 9.59 Å². The van der Waals surface area contributed by atoms with Crippen LogP contribution in [0.2, 0.25) is 0 Å². The summed E-state index contributed by atoms with van der Waals surface area (Å²) < 4.78 is 3.43. The van der Waals surface area contributed by atoms with E-state index in [0.717, 1.165) is 40.5 Å². The minimum atomic E-state index is -0.0383. The van der Waals surface area contributed by atoms with Gasteiger partial charge < -0.3 is 4.90 Å². The number of amides is 1. The number of rotatable bonds is 3. The van der Waals surface area contributed by atoms with Gasteiger partial charge in [0.05, 0.1) is 17.9 Å². The molecule has 0 unspecified atom stereocenters. The van der Waals surface area contributed by atoms with Crippen molar-refractivity contribution in [3.8, 4) is 0 Å². The van der Waals surface area contributed by atoms with Gasteiger partial charge in [0.15, 0.2) is 0 Å². The van der Waals surface area contributed by atoms with Crippen LogP contribution in [0.3, 0.4) is 0 Å². The molecule has 2 aliphatic rings. The van der Waals surface area contributed by atoms with E-state index in [-0.39, 0.29) is 17.4 Å². The number of fused-ring (bicyclic) bond motifs is 2. The number of nitrogens with zero attached hydrogens (tertiary/aromatic N) is 5. The largest absolute Gasteiger partial charge is 0.336 e. The van der Waals surface area contributed by atoms with Gasteiger partial charge >= 0.3 is 0 Å². The molecular weight excluding hydrogens is 374 g/mol. The Morgan fingerprint density at radius 3 is 3.04 bits per heavy atom. The van der Waals surface area contributed by atoms with Crippen molar-refractivity contribution in [2.45, 2.75) is 25.6 Å². The highest BCUT2D eigenvalue weighted by atomic mass is 32.2. The molecule has 0 saturated carbocycles. The molecule has 28 heavy (non-hydrogen) atoms. The van der Waals surface area contributed by atoms with E-state index in [1.807, 2.05) is 52.4 Å². The van der Waals surface area contributed by atoms with Crippen LogP contribution in [0.5, 0.6) is 0 Å². The zero-order valence-corrected chi connectivity index (χ0v) is 16.5. The van der Waals surface area contributed by atoms with Gasteiger partial charge in [-0.25, -0.2) is 9.67 Å². The first kappa shape index (κ1) is 17.5. The fraction of sp³-hybridized carbons (Fsp3) is 0.400. The Kier molecular flexibility index (Phi) is 4.23. The first-order chi connectivity index (χ1) is 13.6. The minimum Gasteiger partial charge on any atom is -0.336 e. The number of hydrogen-bond donors (Lipinski definition) is 0. The summed E-state index contributed by atoms with van der Waals surface area (Å²) in [6, 6.07) is 7.45. The highest BCUT2D eigenvalue weighted by molar-refractivity contribution is 7.98. The predicted molar refractivity (Wildman–Crippen MR) is 108 cm³/mol. The molecular formula is C20H21N5O2S. The zero-order valence-electron chi connectivity index (χ0n) is 15.7. The monoisotopic (exact) mass is 395 g/mol. The smallest absolute Gasteiger partial charge is 0.272 e. The van der Waals surface area contributed by atoms with Gasteiger partial charge in [-0.3, -0.25) is 14.0 Å². The number of thioether (sulfide) groups is 1. The Bertz CT molecular complexity index is 1130. The van der Waals surface area contributed by atoms with Crippen molar-refractivity contribution in [2.24, 2.45) is 5.92 Å². The Labute approximate surface area is 166 Å². The second kappa shape index (κ2) is 6.77. The minimum absolute atomic E-state index is 0.00442. The van der Waals surface area contributed by atoms with Gasteiger partial charge in [-0.2, -0.15) is 16.9 Å². The van der Waals surface area contributed by atoms with Crippen molar-refractivity contribution in [3.63, 3.8) is 0 Å². The number of pyridine rings is 1. The van der Waals surface area contributed by atoms with Crippen molar-refractivity contribution >= 4 is 23.3 Å². The third kappa shape index (κ3) is 2.92. The third-order valence-corrected chi connectivity index (χ3v) is 6.50. The van der Waals surface area contributed by atoms with Crippen LogP contribution >= 0.6 is 11.8 Å². The summed E-state index contributed by atoms with van der Waals surface area (Å²) in [5.74, 6) is 2.19. The molecule has 3 aromatic heterocycles. The van der Waals surface area contributed by atoms with Crippen molar-refractivity contribution in [1.29, 1.82) is 0 Å². The van der Waals surface area contributed by atoms with Crippen LogP contribution in [0.15, 0.2) is 35.3 Å². The molecule has 1 saturated heterocycles. The van der Waals surface area contributed by atoms with Crippen molar-refractivity contribution < 1.29 is 4.79 Å². The quantitative estimate of drug-likeness (QED) is 0.676. The van der Waals surface area contributed by atoms with Crippen LogP contribution < -0.4 is 5.56 Å². The van der Waals surface area contributed by atoms with Gasteiger partial charge in [0.25, 0.3) is 11.5 Å². The number of aryl methyl sites for hydroxylation is 2. The van der Waals surface area contributed by atoms with E-state index < -0.39 is 0 Å². The molecule has 144 valence electrons. The maximum Gasteiger partial charge on any atom is 0.272 e. The maximum absolute atomic E-state index is 13.0. The lowest BCUT2D eigenvalue weighted by Gasteiger charge is -2.39. The molecule has 8 heteroatoms. The fourth-order valence-electron chi connectivity index (χ4n) is 4.00. The molecule has 0 aromatic carbocycles. The molecule has 7 nitrogen and oxygen atoms in total. The summed E-state index contributed by atoms with van der Waals surface area (Å²) in [4.78, 5) is 31.6. The van der Waals surface area contributed by atoms with Gasteiger partial charge in [0.1, 0.15) is 11.3 Å². The standard InChI is InChI=1S/C20H21N5O2S/c1-13-19(24-6-3-2-4-17(24)21-13)20(27)23-9-14(10-23)11-25-18(26)8-15-12-28-7-5-16(15)22-25/h2-4,6,8,14H,5,7,9-12H2,1H3. The SMILES string of the molecule is Cc1nc2ccccn2c1C(=O)N1CC(Cn2nc3c(cc2=O)CSCC3)C1. The molecule has 0 bridgehead atoms.